The Bertz CT molecular complexity index is 1090. The highest BCUT2D eigenvalue weighted by molar-refractivity contribution is 7.89. The molecule has 2 fully saturated rings. The Balaban J connectivity index is 1.48. The molecule has 1 atom stereocenters. The second-order valence-corrected chi connectivity index (χ2v) is 10.6. The van der Waals surface area contributed by atoms with E-state index in [9.17, 15) is 18.0 Å². The number of pyridine rings is 1. The van der Waals surface area contributed by atoms with Crippen molar-refractivity contribution in [1.29, 1.82) is 0 Å². The van der Waals surface area contributed by atoms with E-state index < -0.39 is 10.0 Å². The van der Waals surface area contributed by atoms with Gasteiger partial charge in [0.2, 0.25) is 15.9 Å². The molecule has 2 aliphatic rings. The normalized spacial score (nSPS) is 19.2. The molecule has 0 saturated carbocycles. The van der Waals surface area contributed by atoms with E-state index in [4.69, 9.17) is 4.74 Å². The molecule has 3 heterocycles. The van der Waals surface area contributed by atoms with E-state index in [2.05, 4.69) is 4.98 Å². The van der Waals surface area contributed by atoms with Gasteiger partial charge in [-0.15, -0.1) is 0 Å². The van der Waals surface area contributed by atoms with Crippen LogP contribution in [0.5, 0.6) is 0 Å². The molecule has 34 heavy (non-hydrogen) atoms. The van der Waals surface area contributed by atoms with Crippen LogP contribution in [0, 0.1) is 0 Å². The maximum Gasteiger partial charge on any atom is 0.254 e. The number of nitrogens with zero attached hydrogens (tertiary/aromatic N) is 4. The lowest BCUT2D eigenvalue weighted by Gasteiger charge is -2.33. The minimum Gasteiger partial charge on any atom is -0.376 e. The lowest BCUT2D eigenvalue weighted by atomic mass is 10.1. The molecule has 182 valence electrons. The summed E-state index contributed by atoms with van der Waals surface area (Å²) in [6.07, 6.45) is 5.30. The first-order valence-corrected chi connectivity index (χ1v) is 12.9. The number of ether oxygens (including phenoxy) is 1. The lowest BCUT2D eigenvalue weighted by Crippen LogP contribution is -2.49. The Kier molecular flexibility index (Phi) is 7.60. The third-order valence-electron chi connectivity index (χ3n) is 6.25. The maximum atomic E-state index is 13.4. The number of rotatable bonds is 7. The predicted molar refractivity (Wildman–Crippen MR) is 125 cm³/mol. The van der Waals surface area contributed by atoms with Gasteiger partial charge in [0.05, 0.1) is 11.0 Å². The molecule has 0 bridgehead atoms. The molecule has 9 nitrogen and oxygen atoms in total. The molecule has 1 unspecified atom stereocenters. The highest BCUT2D eigenvalue weighted by atomic mass is 32.2. The van der Waals surface area contributed by atoms with Gasteiger partial charge in [-0.05, 0) is 48.7 Å². The van der Waals surface area contributed by atoms with Crippen LogP contribution in [0.4, 0.5) is 0 Å². The van der Waals surface area contributed by atoms with Gasteiger partial charge in [0, 0.05) is 70.8 Å². The summed E-state index contributed by atoms with van der Waals surface area (Å²) in [5.41, 5.74) is 1.33. The molecule has 10 heteroatoms. The van der Waals surface area contributed by atoms with Crippen molar-refractivity contribution in [1.82, 2.24) is 19.1 Å². The molecule has 2 amide bonds. The fraction of sp³-hybridized carbons (Fsp3) is 0.458. The average Bonchev–Trinajstić information content (AvgIpc) is 3.37. The van der Waals surface area contributed by atoms with E-state index in [-0.39, 0.29) is 35.9 Å². The second-order valence-electron chi connectivity index (χ2n) is 8.62. The van der Waals surface area contributed by atoms with Crippen LogP contribution in [-0.4, -0.2) is 84.8 Å². The standard InChI is InChI=1S/C24H30N4O5S/c1-19(29)26-11-13-28(14-12-26)34(31,32)23-8-6-21(7-9-23)24(30)27(18-22-5-3-15-33-22)17-20-4-2-10-25-16-20/h2,4,6-10,16,22H,3,5,11-15,17-18H2,1H3. The molecular weight excluding hydrogens is 456 g/mol. The molecule has 4 rings (SSSR count). The van der Waals surface area contributed by atoms with Crippen molar-refractivity contribution in [2.24, 2.45) is 0 Å². The van der Waals surface area contributed by atoms with Crippen LogP contribution in [0.3, 0.4) is 0 Å². The van der Waals surface area contributed by atoms with Crippen LogP contribution in [0.2, 0.25) is 0 Å². The van der Waals surface area contributed by atoms with E-state index in [1.165, 1.54) is 23.4 Å². The van der Waals surface area contributed by atoms with Crippen LogP contribution in [0.1, 0.15) is 35.7 Å². The molecule has 2 aromatic rings. The first kappa shape index (κ1) is 24.3. The second kappa shape index (κ2) is 10.6. The van der Waals surface area contributed by atoms with Crippen LogP contribution in [0.15, 0.2) is 53.7 Å². The third kappa shape index (κ3) is 5.63. The minimum absolute atomic E-state index is 0.00561. The van der Waals surface area contributed by atoms with Crippen LogP contribution in [0.25, 0.3) is 0 Å². The SMILES string of the molecule is CC(=O)N1CCN(S(=O)(=O)c2ccc(C(=O)N(Cc3cccnc3)CC3CCCO3)cc2)CC1. The Morgan fingerprint density at radius 3 is 2.44 bits per heavy atom. The molecule has 1 aromatic heterocycles. The Labute approximate surface area is 200 Å². The summed E-state index contributed by atoms with van der Waals surface area (Å²) in [5, 5.41) is 0. The monoisotopic (exact) mass is 486 g/mol. The van der Waals surface area contributed by atoms with Crippen LogP contribution >= 0.6 is 0 Å². The zero-order valence-corrected chi connectivity index (χ0v) is 20.1. The number of hydrogen-bond donors (Lipinski definition) is 0. The fourth-order valence-corrected chi connectivity index (χ4v) is 5.73. The summed E-state index contributed by atoms with van der Waals surface area (Å²) in [4.78, 5) is 32.5. The summed E-state index contributed by atoms with van der Waals surface area (Å²) >= 11 is 0. The van der Waals surface area contributed by atoms with Crippen molar-refractivity contribution in [3.05, 3.63) is 59.9 Å². The molecule has 0 spiro atoms. The predicted octanol–water partition coefficient (Wildman–Crippen LogP) is 1.76. The maximum absolute atomic E-state index is 13.4. The zero-order valence-electron chi connectivity index (χ0n) is 19.3. The van der Waals surface area contributed by atoms with Crippen molar-refractivity contribution in [3.8, 4) is 0 Å². The number of hydrogen-bond acceptors (Lipinski definition) is 6. The number of piperazine rings is 1. The summed E-state index contributed by atoms with van der Waals surface area (Å²) in [7, 11) is -3.70. The first-order chi connectivity index (χ1) is 16.3. The van der Waals surface area contributed by atoms with Gasteiger partial charge in [-0.3, -0.25) is 14.6 Å². The quantitative estimate of drug-likeness (QED) is 0.591. The minimum atomic E-state index is -3.70. The smallest absolute Gasteiger partial charge is 0.254 e. The summed E-state index contributed by atoms with van der Waals surface area (Å²) in [5.74, 6) is -0.239. The van der Waals surface area contributed by atoms with Gasteiger partial charge in [-0.2, -0.15) is 4.31 Å². The van der Waals surface area contributed by atoms with Gasteiger partial charge in [0.1, 0.15) is 0 Å². The van der Waals surface area contributed by atoms with E-state index in [0.717, 1.165) is 18.4 Å². The van der Waals surface area contributed by atoms with Crippen LogP contribution < -0.4 is 0 Å². The molecule has 0 N–H and O–H groups in total. The van der Waals surface area contributed by atoms with Gasteiger partial charge < -0.3 is 14.5 Å². The first-order valence-electron chi connectivity index (χ1n) is 11.5. The number of amides is 2. The van der Waals surface area contributed by atoms with Crippen molar-refractivity contribution >= 4 is 21.8 Å². The topological polar surface area (TPSA) is 100 Å². The molecule has 2 saturated heterocycles. The van der Waals surface area contributed by atoms with Crippen LogP contribution in [-0.2, 0) is 26.1 Å². The third-order valence-corrected chi connectivity index (χ3v) is 8.17. The van der Waals surface area contributed by atoms with Gasteiger partial charge in [0.15, 0.2) is 0 Å². The van der Waals surface area contributed by atoms with E-state index >= 15 is 0 Å². The summed E-state index contributed by atoms with van der Waals surface area (Å²) < 4.78 is 33.2. The lowest BCUT2D eigenvalue weighted by molar-refractivity contribution is -0.129. The number of aromatic nitrogens is 1. The number of carbonyl (C=O) groups is 2. The van der Waals surface area contributed by atoms with E-state index in [0.29, 0.717) is 38.3 Å². The van der Waals surface area contributed by atoms with Crippen molar-refractivity contribution in [2.75, 3.05) is 39.3 Å². The molecule has 0 aliphatic carbocycles. The summed E-state index contributed by atoms with van der Waals surface area (Å²) in [6.45, 7) is 4.30. The number of sulfonamides is 1. The molecule has 2 aliphatic heterocycles. The fourth-order valence-electron chi connectivity index (χ4n) is 4.31. The van der Waals surface area contributed by atoms with Crippen molar-refractivity contribution in [2.45, 2.75) is 37.3 Å². The summed E-state index contributed by atoms with van der Waals surface area (Å²) in [6, 6.07) is 9.84. The number of carbonyl (C=O) groups excluding carboxylic acids is 2. The van der Waals surface area contributed by atoms with Crippen molar-refractivity contribution in [3.63, 3.8) is 0 Å². The van der Waals surface area contributed by atoms with Gasteiger partial charge in [-0.25, -0.2) is 8.42 Å². The van der Waals surface area contributed by atoms with Gasteiger partial charge in [0.25, 0.3) is 5.91 Å². The highest BCUT2D eigenvalue weighted by Gasteiger charge is 2.30. The molecule has 1 aromatic carbocycles. The largest absolute Gasteiger partial charge is 0.376 e. The Morgan fingerprint density at radius 2 is 1.85 bits per heavy atom. The van der Waals surface area contributed by atoms with Gasteiger partial charge >= 0.3 is 0 Å². The van der Waals surface area contributed by atoms with E-state index in [1.54, 1.807) is 34.3 Å². The van der Waals surface area contributed by atoms with Crippen molar-refractivity contribution < 1.29 is 22.7 Å². The highest BCUT2D eigenvalue weighted by Crippen LogP contribution is 2.21. The number of benzene rings is 1. The Morgan fingerprint density at radius 1 is 1.12 bits per heavy atom. The van der Waals surface area contributed by atoms with Gasteiger partial charge in [-0.1, -0.05) is 6.07 Å². The Hall–Kier alpha value is -2.82. The molecular formula is C24H30N4O5S. The van der Waals surface area contributed by atoms with E-state index in [1.807, 2.05) is 12.1 Å². The zero-order chi connectivity index (χ0) is 24.1. The molecule has 0 radical (unpaired) electrons. The average molecular weight is 487 g/mol.